The lowest BCUT2D eigenvalue weighted by Gasteiger charge is -2.22. The summed E-state index contributed by atoms with van der Waals surface area (Å²) in [5.74, 6) is -0.399. The molecular formula is C14H18F3NO2. The SMILES string of the molecule is COC(=O)CCCCC(Nc1ccccc1)C(F)(F)F. The number of ether oxygens (including phenoxy) is 1. The Bertz CT molecular complexity index is 407. The normalized spacial score (nSPS) is 12.8. The number of benzene rings is 1. The van der Waals surface area contributed by atoms with E-state index in [1.807, 2.05) is 0 Å². The van der Waals surface area contributed by atoms with Crippen LogP contribution in [0.25, 0.3) is 0 Å². The minimum Gasteiger partial charge on any atom is -0.469 e. The average Bonchev–Trinajstić information content (AvgIpc) is 2.41. The van der Waals surface area contributed by atoms with Gasteiger partial charge in [-0.1, -0.05) is 24.6 Å². The maximum absolute atomic E-state index is 12.9. The topological polar surface area (TPSA) is 38.3 Å². The van der Waals surface area contributed by atoms with Crippen LogP contribution >= 0.6 is 0 Å². The van der Waals surface area contributed by atoms with Gasteiger partial charge in [0.2, 0.25) is 0 Å². The molecule has 0 aliphatic rings. The zero-order chi connectivity index (χ0) is 15.0. The third-order valence-corrected chi connectivity index (χ3v) is 2.86. The number of halogens is 3. The molecule has 112 valence electrons. The van der Waals surface area contributed by atoms with E-state index in [1.54, 1.807) is 30.3 Å². The number of para-hydroxylation sites is 1. The van der Waals surface area contributed by atoms with Crippen LogP contribution < -0.4 is 5.32 Å². The number of hydrogen-bond donors (Lipinski definition) is 1. The molecule has 1 unspecified atom stereocenters. The van der Waals surface area contributed by atoms with Crippen LogP contribution in [0.1, 0.15) is 25.7 Å². The molecule has 3 nitrogen and oxygen atoms in total. The Morgan fingerprint density at radius 1 is 1.25 bits per heavy atom. The van der Waals surface area contributed by atoms with Gasteiger partial charge in [0.25, 0.3) is 0 Å². The van der Waals surface area contributed by atoms with Gasteiger partial charge in [0.1, 0.15) is 6.04 Å². The highest BCUT2D eigenvalue weighted by atomic mass is 19.4. The van der Waals surface area contributed by atoms with Gasteiger partial charge >= 0.3 is 12.1 Å². The molecule has 0 saturated carbocycles. The maximum atomic E-state index is 12.9. The molecule has 1 atom stereocenters. The number of alkyl halides is 3. The van der Waals surface area contributed by atoms with Gasteiger partial charge in [0, 0.05) is 12.1 Å². The lowest BCUT2D eigenvalue weighted by atomic mass is 10.1. The van der Waals surface area contributed by atoms with Crippen LogP contribution in [0.2, 0.25) is 0 Å². The average molecular weight is 289 g/mol. The number of anilines is 1. The van der Waals surface area contributed by atoms with Crippen molar-refractivity contribution in [2.24, 2.45) is 0 Å². The molecule has 0 saturated heterocycles. The summed E-state index contributed by atoms with van der Waals surface area (Å²) in [5.41, 5.74) is 0.433. The molecular weight excluding hydrogens is 271 g/mol. The predicted molar refractivity (Wildman–Crippen MR) is 70.4 cm³/mol. The molecule has 0 fully saturated rings. The van der Waals surface area contributed by atoms with Crippen molar-refractivity contribution in [3.8, 4) is 0 Å². The van der Waals surface area contributed by atoms with Crippen LogP contribution in [0.3, 0.4) is 0 Å². The molecule has 0 spiro atoms. The number of esters is 1. The first-order valence-electron chi connectivity index (χ1n) is 6.38. The van der Waals surface area contributed by atoms with Crippen molar-refractivity contribution in [3.05, 3.63) is 30.3 Å². The van der Waals surface area contributed by atoms with E-state index < -0.39 is 18.2 Å². The van der Waals surface area contributed by atoms with Gasteiger partial charge in [-0.3, -0.25) is 4.79 Å². The fourth-order valence-electron chi connectivity index (χ4n) is 1.77. The van der Waals surface area contributed by atoms with Crippen molar-refractivity contribution in [3.63, 3.8) is 0 Å². The highest BCUT2D eigenvalue weighted by Crippen LogP contribution is 2.27. The number of unbranched alkanes of at least 4 members (excludes halogenated alkanes) is 1. The quantitative estimate of drug-likeness (QED) is 0.613. The van der Waals surface area contributed by atoms with Gasteiger partial charge in [-0.05, 0) is 25.0 Å². The summed E-state index contributed by atoms with van der Waals surface area (Å²) in [7, 11) is 1.26. The highest BCUT2D eigenvalue weighted by Gasteiger charge is 2.38. The minimum atomic E-state index is -4.32. The van der Waals surface area contributed by atoms with E-state index in [9.17, 15) is 18.0 Å². The molecule has 1 N–H and O–H groups in total. The number of rotatable bonds is 7. The molecule has 6 heteroatoms. The first kappa shape index (κ1) is 16.3. The van der Waals surface area contributed by atoms with E-state index in [1.165, 1.54) is 7.11 Å². The van der Waals surface area contributed by atoms with Gasteiger partial charge < -0.3 is 10.1 Å². The Hall–Kier alpha value is -1.72. The maximum Gasteiger partial charge on any atom is 0.408 e. The van der Waals surface area contributed by atoms with Crippen molar-refractivity contribution in [2.75, 3.05) is 12.4 Å². The Morgan fingerprint density at radius 3 is 2.45 bits per heavy atom. The molecule has 1 aromatic rings. The molecule has 0 amide bonds. The zero-order valence-electron chi connectivity index (χ0n) is 11.2. The van der Waals surface area contributed by atoms with Crippen LogP contribution in [-0.4, -0.2) is 25.3 Å². The fourth-order valence-corrected chi connectivity index (χ4v) is 1.77. The monoisotopic (exact) mass is 289 g/mol. The molecule has 1 aromatic carbocycles. The second-order valence-electron chi connectivity index (χ2n) is 4.43. The standard InChI is InChI=1S/C14H18F3NO2/c1-20-13(19)10-6-5-9-12(14(15,16)17)18-11-7-3-2-4-8-11/h2-4,7-8,12,18H,5-6,9-10H2,1H3. The highest BCUT2D eigenvalue weighted by molar-refractivity contribution is 5.68. The number of methoxy groups -OCH3 is 1. The Morgan fingerprint density at radius 2 is 1.90 bits per heavy atom. The Kier molecular flexibility index (Phi) is 6.35. The largest absolute Gasteiger partial charge is 0.469 e. The lowest BCUT2D eigenvalue weighted by Crippen LogP contribution is -2.36. The molecule has 0 bridgehead atoms. The van der Waals surface area contributed by atoms with Crippen molar-refractivity contribution in [1.82, 2.24) is 0 Å². The van der Waals surface area contributed by atoms with E-state index in [4.69, 9.17) is 0 Å². The van der Waals surface area contributed by atoms with Crippen molar-refractivity contribution in [2.45, 2.75) is 37.9 Å². The summed E-state index contributed by atoms with van der Waals surface area (Å²) in [6, 6.07) is 6.66. The van der Waals surface area contributed by atoms with E-state index in [0.29, 0.717) is 18.5 Å². The van der Waals surface area contributed by atoms with Crippen molar-refractivity contribution in [1.29, 1.82) is 0 Å². The number of nitrogens with one attached hydrogen (secondary N) is 1. The number of hydrogen-bond acceptors (Lipinski definition) is 3. The molecule has 20 heavy (non-hydrogen) atoms. The molecule has 0 aliphatic heterocycles. The Balaban J connectivity index is 2.47. The smallest absolute Gasteiger partial charge is 0.408 e. The molecule has 0 heterocycles. The molecule has 1 rings (SSSR count). The number of carbonyl (C=O) groups is 1. The van der Waals surface area contributed by atoms with Gasteiger partial charge in [-0.15, -0.1) is 0 Å². The number of carbonyl (C=O) groups excluding carboxylic acids is 1. The van der Waals surface area contributed by atoms with Crippen LogP contribution in [0.15, 0.2) is 30.3 Å². The van der Waals surface area contributed by atoms with Crippen LogP contribution in [-0.2, 0) is 9.53 Å². The van der Waals surface area contributed by atoms with Crippen molar-refractivity contribution >= 4 is 11.7 Å². The second-order valence-corrected chi connectivity index (χ2v) is 4.43. The Labute approximate surface area is 116 Å². The van der Waals surface area contributed by atoms with Gasteiger partial charge in [0.15, 0.2) is 0 Å². The third-order valence-electron chi connectivity index (χ3n) is 2.86. The zero-order valence-corrected chi connectivity index (χ0v) is 11.2. The molecule has 0 radical (unpaired) electrons. The van der Waals surface area contributed by atoms with E-state index >= 15 is 0 Å². The second kappa shape index (κ2) is 7.77. The first-order chi connectivity index (χ1) is 9.43. The predicted octanol–water partition coefficient (Wildman–Crippen LogP) is 3.76. The summed E-state index contributed by atoms with van der Waals surface area (Å²) in [4.78, 5) is 10.9. The lowest BCUT2D eigenvalue weighted by molar-refractivity contribution is -0.144. The van der Waals surface area contributed by atoms with Gasteiger partial charge in [0.05, 0.1) is 7.11 Å². The minimum absolute atomic E-state index is 0.0740. The summed E-state index contributed by atoms with van der Waals surface area (Å²) < 4.78 is 43.2. The van der Waals surface area contributed by atoms with E-state index in [-0.39, 0.29) is 12.8 Å². The van der Waals surface area contributed by atoms with E-state index in [2.05, 4.69) is 10.1 Å². The first-order valence-corrected chi connectivity index (χ1v) is 6.38. The molecule has 0 aromatic heterocycles. The molecule has 0 aliphatic carbocycles. The van der Waals surface area contributed by atoms with Gasteiger partial charge in [-0.25, -0.2) is 0 Å². The van der Waals surface area contributed by atoms with Crippen molar-refractivity contribution < 1.29 is 22.7 Å². The third kappa shape index (κ3) is 5.95. The summed E-state index contributed by atoms with van der Waals surface area (Å²) >= 11 is 0. The van der Waals surface area contributed by atoms with E-state index in [0.717, 1.165) is 0 Å². The fraction of sp³-hybridized carbons (Fsp3) is 0.500. The summed E-state index contributed by atoms with van der Waals surface area (Å²) in [5, 5.41) is 2.48. The van der Waals surface area contributed by atoms with Crippen LogP contribution in [0, 0.1) is 0 Å². The summed E-state index contributed by atoms with van der Waals surface area (Å²) in [6.45, 7) is 0. The van der Waals surface area contributed by atoms with Crippen LogP contribution in [0.4, 0.5) is 18.9 Å². The van der Waals surface area contributed by atoms with Gasteiger partial charge in [-0.2, -0.15) is 13.2 Å². The summed E-state index contributed by atoms with van der Waals surface area (Å²) in [6.07, 6.45) is -3.56. The van der Waals surface area contributed by atoms with Crippen LogP contribution in [0.5, 0.6) is 0 Å².